The maximum absolute atomic E-state index is 13.1. The van der Waals surface area contributed by atoms with E-state index in [4.69, 9.17) is 0 Å². The van der Waals surface area contributed by atoms with Crippen LogP contribution in [0.4, 0.5) is 5.69 Å². The molecule has 0 N–H and O–H groups in total. The molecule has 0 spiro atoms. The number of hydrogen-bond donors (Lipinski definition) is 0. The molecule has 2 aromatic rings. The average Bonchev–Trinajstić information content (AvgIpc) is 3.08. The van der Waals surface area contributed by atoms with Crippen LogP contribution in [0.5, 0.6) is 0 Å². The van der Waals surface area contributed by atoms with Gasteiger partial charge < -0.3 is 14.7 Å². The third-order valence-electron chi connectivity index (χ3n) is 5.40. The summed E-state index contributed by atoms with van der Waals surface area (Å²) >= 11 is 0. The van der Waals surface area contributed by atoms with Crippen LogP contribution in [-0.2, 0) is 11.2 Å². The molecule has 2 aliphatic heterocycles. The van der Waals surface area contributed by atoms with Crippen LogP contribution in [0.25, 0.3) is 0 Å². The minimum atomic E-state index is -0.196. The lowest BCUT2D eigenvalue weighted by Crippen LogP contribution is -2.48. The Morgan fingerprint density at radius 1 is 1.07 bits per heavy atom. The third-order valence-corrected chi connectivity index (χ3v) is 5.40. The fourth-order valence-electron chi connectivity index (χ4n) is 3.89. The van der Waals surface area contributed by atoms with Gasteiger partial charge >= 0.3 is 0 Å². The Balaban J connectivity index is 1.55. The zero-order valence-corrected chi connectivity index (χ0v) is 15.7. The summed E-state index contributed by atoms with van der Waals surface area (Å²) in [5, 5.41) is 0. The van der Waals surface area contributed by atoms with E-state index in [1.807, 2.05) is 31.2 Å². The number of nitrogens with zero attached hydrogens (tertiary/aromatic N) is 4. The summed E-state index contributed by atoms with van der Waals surface area (Å²) in [7, 11) is 0. The lowest BCUT2D eigenvalue weighted by molar-refractivity contribution is -0.119. The number of fused-ring (bicyclic) bond motifs is 1. The molecule has 0 radical (unpaired) electrons. The predicted octanol–water partition coefficient (Wildman–Crippen LogP) is 1.59. The molecule has 0 bridgehead atoms. The number of amides is 3. The number of benzene rings is 1. The maximum Gasteiger partial charge on any atom is 0.277 e. The normalized spacial score (nSPS) is 18.8. The van der Waals surface area contributed by atoms with Gasteiger partial charge in [-0.3, -0.25) is 19.4 Å². The second-order valence-electron chi connectivity index (χ2n) is 7.22. The van der Waals surface area contributed by atoms with Gasteiger partial charge in [0.25, 0.3) is 11.8 Å². The molecule has 0 saturated carbocycles. The van der Waals surface area contributed by atoms with E-state index in [0.29, 0.717) is 31.7 Å². The monoisotopic (exact) mass is 378 g/mol. The highest BCUT2D eigenvalue weighted by Crippen LogP contribution is 2.32. The number of carbonyl (C=O) groups excluding carboxylic acids is 3. The summed E-state index contributed by atoms with van der Waals surface area (Å²) in [5.74, 6) is -0.338. The summed E-state index contributed by atoms with van der Waals surface area (Å²) in [5.41, 5.74) is 2.76. The number of anilines is 1. The van der Waals surface area contributed by atoms with E-state index in [1.54, 1.807) is 26.8 Å². The molecule has 1 saturated heterocycles. The number of hydrogen-bond acceptors (Lipinski definition) is 4. The quantitative estimate of drug-likeness (QED) is 0.761. The lowest BCUT2D eigenvalue weighted by atomic mass is 10.1. The van der Waals surface area contributed by atoms with Gasteiger partial charge in [0.2, 0.25) is 6.41 Å². The minimum absolute atomic E-state index is 0.0440. The Kier molecular flexibility index (Phi) is 4.81. The predicted molar refractivity (Wildman–Crippen MR) is 104 cm³/mol. The van der Waals surface area contributed by atoms with Gasteiger partial charge in [-0.05, 0) is 37.1 Å². The fourth-order valence-corrected chi connectivity index (χ4v) is 3.89. The van der Waals surface area contributed by atoms with Crippen molar-refractivity contribution in [1.29, 1.82) is 0 Å². The van der Waals surface area contributed by atoms with Crippen LogP contribution in [0.15, 0.2) is 42.6 Å². The maximum atomic E-state index is 13.1. The lowest BCUT2D eigenvalue weighted by Gasteiger charge is -2.32. The number of pyridine rings is 1. The van der Waals surface area contributed by atoms with Crippen LogP contribution in [0.3, 0.4) is 0 Å². The molecule has 144 valence electrons. The summed E-state index contributed by atoms with van der Waals surface area (Å²) in [4.78, 5) is 46.1. The Bertz CT molecular complexity index is 921. The van der Waals surface area contributed by atoms with Crippen molar-refractivity contribution in [2.24, 2.45) is 0 Å². The van der Waals surface area contributed by atoms with E-state index < -0.39 is 0 Å². The van der Waals surface area contributed by atoms with E-state index in [9.17, 15) is 14.4 Å². The van der Waals surface area contributed by atoms with Gasteiger partial charge in [-0.1, -0.05) is 18.2 Å². The molecule has 2 aliphatic rings. The Morgan fingerprint density at radius 2 is 1.82 bits per heavy atom. The molecule has 7 nitrogen and oxygen atoms in total. The number of carbonyl (C=O) groups is 3. The second kappa shape index (κ2) is 7.42. The minimum Gasteiger partial charge on any atom is -0.342 e. The fraction of sp³-hybridized carbons (Fsp3) is 0.333. The highest BCUT2D eigenvalue weighted by molar-refractivity contribution is 6.07. The topological polar surface area (TPSA) is 73.8 Å². The zero-order chi connectivity index (χ0) is 19.7. The van der Waals surface area contributed by atoms with Crippen molar-refractivity contribution >= 4 is 23.9 Å². The largest absolute Gasteiger partial charge is 0.342 e. The third kappa shape index (κ3) is 3.24. The molecule has 1 fully saturated rings. The molecule has 3 amide bonds. The van der Waals surface area contributed by atoms with Crippen molar-refractivity contribution < 1.29 is 14.4 Å². The van der Waals surface area contributed by atoms with Crippen molar-refractivity contribution in [3.05, 3.63) is 59.4 Å². The van der Waals surface area contributed by atoms with E-state index in [1.165, 1.54) is 6.20 Å². The SMILES string of the molecule is CC1Cc2ccccc2N1C(=O)c1cc(C(=O)N2CCN(C=O)CC2)ccn1. The van der Waals surface area contributed by atoms with Crippen molar-refractivity contribution in [2.75, 3.05) is 31.1 Å². The molecule has 1 aromatic carbocycles. The van der Waals surface area contributed by atoms with Crippen molar-refractivity contribution in [3.63, 3.8) is 0 Å². The van der Waals surface area contributed by atoms with E-state index in [-0.39, 0.29) is 23.6 Å². The molecule has 7 heteroatoms. The first-order valence-corrected chi connectivity index (χ1v) is 9.44. The van der Waals surface area contributed by atoms with Crippen LogP contribution in [0.2, 0.25) is 0 Å². The summed E-state index contributed by atoms with van der Waals surface area (Å²) in [6.45, 7) is 4.03. The van der Waals surface area contributed by atoms with Crippen LogP contribution in [0.1, 0.15) is 33.3 Å². The first kappa shape index (κ1) is 18.2. The smallest absolute Gasteiger partial charge is 0.277 e. The standard InChI is InChI=1S/C21H22N4O3/c1-15-12-16-4-2-3-5-19(16)25(15)21(28)18-13-17(6-7-22-18)20(27)24-10-8-23(14-26)9-11-24/h2-7,13-15H,8-12H2,1H3. The zero-order valence-electron chi connectivity index (χ0n) is 15.7. The highest BCUT2D eigenvalue weighted by atomic mass is 16.2. The first-order valence-electron chi connectivity index (χ1n) is 9.44. The van der Waals surface area contributed by atoms with Gasteiger partial charge in [0.1, 0.15) is 5.69 Å². The van der Waals surface area contributed by atoms with Gasteiger partial charge in [0.15, 0.2) is 0 Å². The molecular formula is C21H22N4O3. The van der Waals surface area contributed by atoms with E-state index in [2.05, 4.69) is 4.98 Å². The number of piperazine rings is 1. The first-order chi connectivity index (χ1) is 13.6. The van der Waals surface area contributed by atoms with Crippen molar-refractivity contribution in [3.8, 4) is 0 Å². The Labute approximate surface area is 163 Å². The summed E-state index contributed by atoms with van der Waals surface area (Å²) in [6, 6.07) is 11.1. The van der Waals surface area contributed by atoms with Gasteiger partial charge in [-0.25, -0.2) is 0 Å². The second-order valence-corrected chi connectivity index (χ2v) is 7.22. The van der Waals surface area contributed by atoms with Crippen LogP contribution in [-0.4, -0.2) is 65.2 Å². The van der Waals surface area contributed by atoms with Crippen LogP contribution < -0.4 is 4.90 Å². The van der Waals surface area contributed by atoms with Gasteiger partial charge in [-0.2, -0.15) is 0 Å². The van der Waals surface area contributed by atoms with Gasteiger partial charge in [-0.15, -0.1) is 0 Å². The van der Waals surface area contributed by atoms with Gasteiger partial charge in [0, 0.05) is 49.7 Å². The van der Waals surface area contributed by atoms with Crippen LogP contribution >= 0.6 is 0 Å². The molecule has 1 aromatic heterocycles. The summed E-state index contributed by atoms with van der Waals surface area (Å²) in [6.07, 6.45) is 3.12. The highest BCUT2D eigenvalue weighted by Gasteiger charge is 2.32. The Hall–Kier alpha value is -3.22. The number of para-hydroxylation sites is 1. The molecule has 4 rings (SSSR count). The summed E-state index contributed by atoms with van der Waals surface area (Å²) < 4.78 is 0. The van der Waals surface area contributed by atoms with Crippen LogP contribution in [0, 0.1) is 0 Å². The van der Waals surface area contributed by atoms with Crippen molar-refractivity contribution in [1.82, 2.24) is 14.8 Å². The van der Waals surface area contributed by atoms with Crippen molar-refractivity contribution in [2.45, 2.75) is 19.4 Å². The molecule has 28 heavy (non-hydrogen) atoms. The number of aromatic nitrogens is 1. The molecular weight excluding hydrogens is 356 g/mol. The van der Waals surface area contributed by atoms with E-state index >= 15 is 0 Å². The van der Waals surface area contributed by atoms with E-state index in [0.717, 1.165) is 24.1 Å². The molecule has 1 atom stereocenters. The average molecular weight is 378 g/mol. The molecule has 1 unspecified atom stereocenters. The Morgan fingerprint density at radius 3 is 2.57 bits per heavy atom. The molecule has 3 heterocycles. The molecule has 0 aliphatic carbocycles. The number of rotatable bonds is 3. The van der Waals surface area contributed by atoms with Gasteiger partial charge in [0.05, 0.1) is 0 Å².